The summed E-state index contributed by atoms with van der Waals surface area (Å²) in [6, 6.07) is 6.96. The minimum atomic E-state index is -0.216. The van der Waals surface area contributed by atoms with Gasteiger partial charge in [-0.05, 0) is 44.9 Å². The summed E-state index contributed by atoms with van der Waals surface area (Å²) < 4.78 is 0. The summed E-state index contributed by atoms with van der Waals surface area (Å²) in [6.07, 6.45) is 5.77. The third kappa shape index (κ3) is 6.87. The number of benzene rings is 1. The van der Waals surface area contributed by atoms with Gasteiger partial charge in [-0.2, -0.15) is 0 Å². The Morgan fingerprint density at radius 3 is 2.46 bits per heavy atom. The van der Waals surface area contributed by atoms with Crippen LogP contribution in [-0.2, 0) is 4.79 Å². The lowest BCUT2D eigenvalue weighted by atomic mass is 9.96. The van der Waals surface area contributed by atoms with Crippen molar-refractivity contribution in [2.75, 3.05) is 25.0 Å². The maximum absolute atomic E-state index is 12.4. The van der Waals surface area contributed by atoms with Crippen LogP contribution in [0.25, 0.3) is 0 Å². The van der Waals surface area contributed by atoms with Gasteiger partial charge in [0.2, 0.25) is 5.91 Å². The Morgan fingerprint density at radius 1 is 1.07 bits per heavy atom. The van der Waals surface area contributed by atoms with Crippen LogP contribution in [0.1, 0.15) is 62.7 Å². The topological polar surface area (TPSA) is 90.5 Å². The second-order valence-corrected chi connectivity index (χ2v) is 7.09. The third-order valence-corrected chi connectivity index (χ3v) is 5.02. The van der Waals surface area contributed by atoms with E-state index in [1.165, 1.54) is 6.42 Å². The van der Waals surface area contributed by atoms with Crippen LogP contribution in [0.15, 0.2) is 24.3 Å². The van der Waals surface area contributed by atoms with Crippen molar-refractivity contribution in [2.45, 2.75) is 58.4 Å². The van der Waals surface area contributed by atoms with E-state index in [4.69, 9.17) is 0 Å². The molecule has 0 aliphatic heterocycles. The first-order valence-corrected chi connectivity index (χ1v) is 10.3. The number of hydrogen-bond acceptors (Lipinski definition) is 3. The molecule has 7 heteroatoms. The van der Waals surface area contributed by atoms with Crippen molar-refractivity contribution < 1.29 is 14.4 Å². The van der Waals surface area contributed by atoms with E-state index in [1.54, 1.807) is 29.2 Å². The highest BCUT2D eigenvalue weighted by Crippen LogP contribution is 2.17. The van der Waals surface area contributed by atoms with Gasteiger partial charge in [-0.1, -0.05) is 25.3 Å². The van der Waals surface area contributed by atoms with Crippen LogP contribution in [0, 0.1) is 0 Å². The normalized spacial score (nSPS) is 14.2. The molecule has 2 rings (SSSR count). The number of nitrogens with one attached hydrogen (secondary N) is 3. The molecule has 0 bridgehead atoms. The van der Waals surface area contributed by atoms with E-state index in [-0.39, 0.29) is 36.9 Å². The van der Waals surface area contributed by atoms with Crippen molar-refractivity contribution in [2.24, 2.45) is 0 Å². The van der Waals surface area contributed by atoms with Crippen molar-refractivity contribution in [1.82, 2.24) is 15.5 Å². The second kappa shape index (κ2) is 11.3. The van der Waals surface area contributed by atoms with Crippen LogP contribution in [0.2, 0.25) is 0 Å². The fourth-order valence-corrected chi connectivity index (χ4v) is 3.42. The van der Waals surface area contributed by atoms with Crippen LogP contribution < -0.4 is 16.0 Å². The molecule has 0 aromatic heterocycles. The Labute approximate surface area is 167 Å². The summed E-state index contributed by atoms with van der Waals surface area (Å²) in [7, 11) is 0. The maximum atomic E-state index is 12.4. The van der Waals surface area contributed by atoms with Crippen LogP contribution in [-0.4, -0.2) is 48.4 Å². The van der Waals surface area contributed by atoms with E-state index in [0.717, 1.165) is 25.7 Å². The van der Waals surface area contributed by atoms with Crippen molar-refractivity contribution in [3.63, 3.8) is 0 Å². The molecule has 1 aliphatic rings. The second-order valence-electron chi connectivity index (χ2n) is 7.09. The molecule has 0 radical (unpaired) electrons. The molecule has 0 spiro atoms. The van der Waals surface area contributed by atoms with Crippen LogP contribution in [0.4, 0.5) is 10.5 Å². The molecule has 3 N–H and O–H groups in total. The van der Waals surface area contributed by atoms with Crippen LogP contribution >= 0.6 is 0 Å². The molecule has 1 aromatic rings. The number of rotatable bonds is 8. The summed E-state index contributed by atoms with van der Waals surface area (Å²) in [5.41, 5.74) is 1.13. The molecule has 1 saturated carbocycles. The molecule has 154 valence electrons. The van der Waals surface area contributed by atoms with Crippen molar-refractivity contribution in [1.29, 1.82) is 0 Å². The Morgan fingerprint density at radius 2 is 1.79 bits per heavy atom. The molecule has 0 unspecified atom stereocenters. The number of carbonyl (C=O) groups excluding carboxylic acids is 3. The highest BCUT2D eigenvalue weighted by molar-refractivity contribution is 5.97. The molecule has 1 aliphatic carbocycles. The van der Waals surface area contributed by atoms with E-state index in [0.29, 0.717) is 24.3 Å². The summed E-state index contributed by atoms with van der Waals surface area (Å²) in [6.45, 7) is 5.42. The lowest BCUT2D eigenvalue weighted by Crippen LogP contribution is -2.43. The Hall–Kier alpha value is -2.57. The predicted octanol–water partition coefficient (Wildman–Crippen LogP) is 3.13. The van der Waals surface area contributed by atoms with Gasteiger partial charge in [0.15, 0.2) is 0 Å². The van der Waals surface area contributed by atoms with E-state index in [2.05, 4.69) is 16.0 Å². The zero-order valence-electron chi connectivity index (χ0n) is 16.9. The predicted molar refractivity (Wildman–Crippen MR) is 110 cm³/mol. The summed E-state index contributed by atoms with van der Waals surface area (Å²) in [5.74, 6) is -0.257. The molecule has 28 heavy (non-hydrogen) atoms. The largest absolute Gasteiger partial charge is 0.339 e. The van der Waals surface area contributed by atoms with Gasteiger partial charge in [0.05, 0.1) is 0 Å². The van der Waals surface area contributed by atoms with Gasteiger partial charge in [0.25, 0.3) is 5.91 Å². The summed E-state index contributed by atoms with van der Waals surface area (Å²) >= 11 is 0. The van der Waals surface area contributed by atoms with Crippen molar-refractivity contribution in [3.05, 3.63) is 29.8 Å². The smallest absolute Gasteiger partial charge is 0.315 e. The van der Waals surface area contributed by atoms with Crippen molar-refractivity contribution in [3.8, 4) is 0 Å². The third-order valence-electron chi connectivity index (χ3n) is 5.02. The number of nitrogens with zero attached hydrogens (tertiary/aromatic N) is 1. The van der Waals surface area contributed by atoms with Crippen molar-refractivity contribution >= 4 is 23.5 Å². The molecule has 1 aromatic carbocycles. The lowest BCUT2D eigenvalue weighted by molar-refractivity contribution is -0.116. The first-order valence-electron chi connectivity index (χ1n) is 10.3. The molecular formula is C21H32N4O3. The Bertz CT molecular complexity index is 667. The van der Waals surface area contributed by atoms with E-state index >= 15 is 0 Å². The number of hydrogen-bond donors (Lipinski definition) is 3. The monoisotopic (exact) mass is 388 g/mol. The molecule has 4 amide bonds. The number of anilines is 1. The molecule has 0 atom stereocenters. The maximum Gasteiger partial charge on any atom is 0.315 e. The van der Waals surface area contributed by atoms with Crippen LogP contribution in [0.5, 0.6) is 0 Å². The van der Waals surface area contributed by atoms with Gasteiger partial charge in [-0.15, -0.1) is 0 Å². The summed E-state index contributed by atoms with van der Waals surface area (Å²) in [4.78, 5) is 38.2. The lowest BCUT2D eigenvalue weighted by Gasteiger charge is -2.22. The quantitative estimate of drug-likeness (QED) is 0.639. The highest BCUT2D eigenvalue weighted by Gasteiger charge is 2.16. The SMILES string of the molecule is CCN(CC)C(=O)c1cccc(NC(=O)CCNC(=O)NC2CCCCC2)c1. The fraction of sp³-hybridized carbons (Fsp3) is 0.571. The standard InChI is InChI=1S/C21H32N4O3/c1-3-25(4-2)20(27)16-9-8-12-18(15-16)23-19(26)13-14-22-21(28)24-17-10-6-5-7-11-17/h8-9,12,15,17H,3-7,10-11,13-14H2,1-2H3,(H,23,26)(H2,22,24,28). The van der Waals surface area contributed by atoms with Gasteiger partial charge in [-0.25, -0.2) is 4.79 Å². The highest BCUT2D eigenvalue weighted by atomic mass is 16.2. The molecule has 1 fully saturated rings. The van der Waals surface area contributed by atoms with E-state index < -0.39 is 0 Å². The van der Waals surface area contributed by atoms with Gasteiger partial charge in [0.1, 0.15) is 0 Å². The average Bonchev–Trinajstić information content (AvgIpc) is 2.69. The van der Waals surface area contributed by atoms with E-state index in [1.807, 2.05) is 13.8 Å². The minimum Gasteiger partial charge on any atom is -0.339 e. The Kier molecular flexibility index (Phi) is 8.78. The van der Waals surface area contributed by atoms with Gasteiger partial charge in [-0.3, -0.25) is 9.59 Å². The number of amides is 4. The molecule has 0 heterocycles. The van der Waals surface area contributed by atoms with Gasteiger partial charge >= 0.3 is 6.03 Å². The summed E-state index contributed by atoms with van der Waals surface area (Å²) in [5, 5.41) is 8.48. The number of urea groups is 1. The van der Waals surface area contributed by atoms with E-state index in [9.17, 15) is 14.4 Å². The van der Waals surface area contributed by atoms with Gasteiger partial charge in [0, 0.05) is 43.3 Å². The zero-order chi connectivity index (χ0) is 20.4. The number of carbonyl (C=O) groups is 3. The average molecular weight is 389 g/mol. The van der Waals surface area contributed by atoms with Crippen LogP contribution in [0.3, 0.4) is 0 Å². The molecule has 0 saturated heterocycles. The Balaban J connectivity index is 1.75. The molecular weight excluding hydrogens is 356 g/mol. The minimum absolute atomic E-state index is 0.0536. The fourth-order valence-electron chi connectivity index (χ4n) is 3.42. The first-order chi connectivity index (χ1) is 13.5. The zero-order valence-corrected chi connectivity index (χ0v) is 16.9. The molecule has 7 nitrogen and oxygen atoms in total. The van der Waals surface area contributed by atoms with Gasteiger partial charge < -0.3 is 20.9 Å². The first kappa shape index (κ1) is 21.7.